The summed E-state index contributed by atoms with van der Waals surface area (Å²) in [7, 11) is 0. The van der Waals surface area contributed by atoms with Gasteiger partial charge in [0.2, 0.25) is 5.91 Å². The first-order valence-corrected chi connectivity index (χ1v) is 12.2. The zero-order valence-corrected chi connectivity index (χ0v) is 19.1. The van der Waals surface area contributed by atoms with Crippen LogP contribution >= 0.6 is 11.3 Å². The predicted octanol–water partition coefficient (Wildman–Crippen LogP) is 4.10. The van der Waals surface area contributed by atoms with Crippen LogP contribution in [-0.4, -0.2) is 33.4 Å². The molecule has 1 amide bonds. The number of nitrogens with two attached hydrogens (primary N) is 1. The van der Waals surface area contributed by atoms with E-state index >= 15 is 0 Å². The van der Waals surface area contributed by atoms with Crippen molar-refractivity contribution in [1.29, 1.82) is 0 Å². The van der Waals surface area contributed by atoms with E-state index in [0.717, 1.165) is 50.6 Å². The Morgan fingerprint density at radius 3 is 2.81 bits per heavy atom. The van der Waals surface area contributed by atoms with Gasteiger partial charge in [0.15, 0.2) is 16.9 Å². The maximum atomic E-state index is 12.5. The monoisotopic (exact) mass is 443 g/mol. The highest BCUT2D eigenvalue weighted by Gasteiger charge is 2.19. The molecule has 0 unspecified atom stereocenters. The molecule has 0 aliphatic heterocycles. The quantitative estimate of drug-likeness (QED) is 0.232. The summed E-state index contributed by atoms with van der Waals surface area (Å²) in [6, 6.07) is 1.82. The Hall–Kier alpha value is -2.55. The standard InChI is InChI=1S/C22H33N7OS/c1-2-3-8-12-25-21(23)29-22-28-18(15-31-22)19-24-13-11-17(27-19)14-26-20(30)16-9-6-4-5-7-10-16/h11,13,15-16H,2-10,12,14H2,1H3,(H,26,30)(H3,23,25,28,29). The molecule has 31 heavy (non-hydrogen) atoms. The summed E-state index contributed by atoms with van der Waals surface area (Å²) in [5.41, 5.74) is 7.37. The van der Waals surface area contributed by atoms with Crippen LogP contribution in [0.2, 0.25) is 0 Å². The van der Waals surface area contributed by atoms with Crippen molar-refractivity contribution >= 4 is 28.3 Å². The fraction of sp³-hybridized carbons (Fsp3) is 0.591. The zero-order valence-electron chi connectivity index (χ0n) is 18.3. The minimum absolute atomic E-state index is 0.130. The summed E-state index contributed by atoms with van der Waals surface area (Å²) in [5, 5.41) is 8.61. The smallest absolute Gasteiger partial charge is 0.223 e. The number of unbranched alkanes of at least 4 members (excludes halogenated alkanes) is 2. The highest BCUT2D eigenvalue weighted by Crippen LogP contribution is 2.24. The Labute approximate surface area is 188 Å². The highest BCUT2D eigenvalue weighted by atomic mass is 32.1. The summed E-state index contributed by atoms with van der Waals surface area (Å²) in [5.74, 6) is 1.16. The third kappa shape index (κ3) is 7.57. The Morgan fingerprint density at radius 1 is 1.23 bits per heavy atom. The maximum Gasteiger partial charge on any atom is 0.223 e. The maximum absolute atomic E-state index is 12.5. The van der Waals surface area contributed by atoms with Crippen LogP contribution in [0.5, 0.6) is 0 Å². The van der Waals surface area contributed by atoms with E-state index in [0.29, 0.717) is 35.7 Å². The molecule has 2 aromatic rings. The molecule has 1 aliphatic rings. The number of amides is 1. The average molecular weight is 444 g/mol. The van der Waals surface area contributed by atoms with Gasteiger partial charge in [-0.05, 0) is 25.3 Å². The van der Waals surface area contributed by atoms with Gasteiger partial charge in [0, 0.05) is 24.0 Å². The molecule has 8 nitrogen and oxygen atoms in total. The van der Waals surface area contributed by atoms with Gasteiger partial charge in [-0.15, -0.1) is 11.3 Å². The van der Waals surface area contributed by atoms with E-state index in [4.69, 9.17) is 5.73 Å². The van der Waals surface area contributed by atoms with E-state index < -0.39 is 0 Å². The molecule has 1 saturated carbocycles. The lowest BCUT2D eigenvalue weighted by molar-refractivity contribution is -0.125. The number of aliphatic imine (C=N–C) groups is 1. The van der Waals surface area contributed by atoms with Gasteiger partial charge in [-0.2, -0.15) is 0 Å². The van der Waals surface area contributed by atoms with Crippen molar-refractivity contribution in [2.75, 3.05) is 11.9 Å². The molecule has 2 heterocycles. The molecule has 1 aliphatic carbocycles. The molecule has 9 heteroatoms. The first kappa shape index (κ1) is 23.1. The van der Waals surface area contributed by atoms with Crippen molar-refractivity contribution < 1.29 is 4.79 Å². The van der Waals surface area contributed by atoms with E-state index in [2.05, 4.69) is 37.5 Å². The minimum atomic E-state index is 0.130. The number of nitrogens with one attached hydrogen (secondary N) is 2. The Kier molecular flexibility index (Phi) is 9.20. The Bertz CT molecular complexity index is 859. The molecule has 3 rings (SSSR count). The van der Waals surface area contributed by atoms with Crippen molar-refractivity contribution in [1.82, 2.24) is 20.3 Å². The van der Waals surface area contributed by atoms with Crippen molar-refractivity contribution in [2.45, 2.75) is 71.3 Å². The molecule has 0 saturated heterocycles. The lowest BCUT2D eigenvalue weighted by atomic mass is 9.99. The minimum Gasteiger partial charge on any atom is -0.370 e. The number of hydrogen-bond acceptors (Lipinski definition) is 6. The van der Waals surface area contributed by atoms with E-state index in [1.807, 2.05) is 11.4 Å². The van der Waals surface area contributed by atoms with Gasteiger partial charge in [-0.25, -0.2) is 15.0 Å². The third-order valence-corrected chi connectivity index (χ3v) is 6.15. The van der Waals surface area contributed by atoms with Gasteiger partial charge in [0.25, 0.3) is 0 Å². The molecular formula is C22H33N7OS. The molecule has 0 radical (unpaired) electrons. The van der Waals surface area contributed by atoms with Crippen LogP contribution in [0.3, 0.4) is 0 Å². The van der Waals surface area contributed by atoms with Crippen LogP contribution in [0.15, 0.2) is 22.6 Å². The van der Waals surface area contributed by atoms with E-state index in [-0.39, 0.29) is 11.8 Å². The number of aromatic nitrogens is 3. The topological polar surface area (TPSA) is 118 Å². The first-order valence-electron chi connectivity index (χ1n) is 11.3. The van der Waals surface area contributed by atoms with Crippen LogP contribution in [0.1, 0.15) is 70.4 Å². The highest BCUT2D eigenvalue weighted by molar-refractivity contribution is 7.14. The lowest BCUT2D eigenvalue weighted by Gasteiger charge is -2.13. The van der Waals surface area contributed by atoms with Crippen molar-refractivity contribution in [2.24, 2.45) is 16.6 Å². The van der Waals surface area contributed by atoms with Crippen LogP contribution in [0, 0.1) is 5.92 Å². The summed E-state index contributed by atoms with van der Waals surface area (Å²) >= 11 is 1.43. The molecule has 168 valence electrons. The normalized spacial score (nSPS) is 15.5. The van der Waals surface area contributed by atoms with Crippen LogP contribution in [-0.2, 0) is 11.3 Å². The molecule has 0 atom stereocenters. The number of guanidine groups is 1. The summed E-state index contributed by atoms with van der Waals surface area (Å²) < 4.78 is 0. The number of thiazole rings is 1. The van der Waals surface area contributed by atoms with Crippen LogP contribution < -0.4 is 16.4 Å². The van der Waals surface area contributed by atoms with E-state index in [1.165, 1.54) is 24.2 Å². The number of hydrogen-bond donors (Lipinski definition) is 3. The summed E-state index contributed by atoms with van der Waals surface area (Å²) in [6.07, 6.45) is 11.8. The number of carbonyl (C=O) groups excluding carboxylic acids is 1. The van der Waals surface area contributed by atoms with Gasteiger partial charge in [0.05, 0.1) is 12.2 Å². The van der Waals surface area contributed by atoms with Crippen LogP contribution in [0.25, 0.3) is 11.5 Å². The van der Waals surface area contributed by atoms with Gasteiger partial charge in [0.1, 0.15) is 5.69 Å². The average Bonchev–Trinajstić information content (AvgIpc) is 3.07. The molecule has 0 spiro atoms. The molecule has 0 bridgehead atoms. The largest absolute Gasteiger partial charge is 0.370 e. The second-order valence-electron chi connectivity index (χ2n) is 7.91. The lowest BCUT2D eigenvalue weighted by Crippen LogP contribution is -2.30. The van der Waals surface area contributed by atoms with E-state index in [1.54, 1.807) is 6.20 Å². The molecule has 4 N–H and O–H groups in total. The fourth-order valence-corrected chi connectivity index (χ4v) is 4.32. The molecular weight excluding hydrogens is 410 g/mol. The van der Waals surface area contributed by atoms with Crippen molar-refractivity contribution in [3.8, 4) is 11.5 Å². The van der Waals surface area contributed by atoms with E-state index in [9.17, 15) is 4.79 Å². The summed E-state index contributed by atoms with van der Waals surface area (Å²) in [6.45, 7) is 3.27. The van der Waals surface area contributed by atoms with Crippen LogP contribution in [0.4, 0.5) is 5.13 Å². The number of rotatable bonds is 9. The Balaban J connectivity index is 1.54. The Morgan fingerprint density at radius 2 is 2.03 bits per heavy atom. The predicted molar refractivity (Wildman–Crippen MR) is 126 cm³/mol. The molecule has 0 aromatic carbocycles. The number of nitrogens with zero attached hydrogens (tertiary/aromatic N) is 4. The van der Waals surface area contributed by atoms with Gasteiger partial charge < -0.3 is 16.4 Å². The third-order valence-electron chi connectivity index (χ3n) is 5.40. The van der Waals surface area contributed by atoms with Gasteiger partial charge in [-0.3, -0.25) is 9.79 Å². The zero-order chi connectivity index (χ0) is 21.9. The fourth-order valence-electron chi connectivity index (χ4n) is 3.63. The second kappa shape index (κ2) is 12.3. The molecule has 2 aromatic heterocycles. The molecule has 1 fully saturated rings. The first-order chi connectivity index (χ1) is 15.2. The van der Waals surface area contributed by atoms with Crippen molar-refractivity contribution in [3.63, 3.8) is 0 Å². The SMILES string of the molecule is CCCCCN=C(N)Nc1nc(-c2nccc(CNC(=O)C3CCCCCC3)n2)cs1. The summed E-state index contributed by atoms with van der Waals surface area (Å²) in [4.78, 5) is 30.2. The number of anilines is 1. The number of carbonyl (C=O) groups is 1. The van der Waals surface area contributed by atoms with Gasteiger partial charge >= 0.3 is 0 Å². The second-order valence-corrected chi connectivity index (χ2v) is 8.77. The van der Waals surface area contributed by atoms with Crippen molar-refractivity contribution in [3.05, 3.63) is 23.3 Å². The van der Waals surface area contributed by atoms with Gasteiger partial charge in [-0.1, -0.05) is 45.4 Å².